The van der Waals surface area contributed by atoms with Gasteiger partial charge in [0.05, 0.1) is 6.10 Å². The van der Waals surface area contributed by atoms with Crippen LogP contribution in [-0.4, -0.2) is 48.9 Å². The van der Waals surface area contributed by atoms with Crippen molar-refractivity contribution in [1.82, 2.24) is 9.88 Å². The molecule has 2 aromatic rings. The Morgan fingerprint density at radius 2 is 2.19 bits per heavy atom. The van der Waals surface area contributed by atoms with Crippen LogP contribution < -0.4 is 14.2 Å². The van der Waals surface area contributed by atoms with Gasteiger partial charge in [0.25, 0.3) is 5.91 Å². The van der Waals surface area contributed by atoms with Crippen molar-refractivity contribution >= 4 is 5.91 Å². The van der Waals surface area contributed by atoms with Crippen LogP contribution in [0.5, 0.6) is 17.2 Å². The third kappa shape index (κ3) is 4.16. The van der Waals surface area contributed by atoms with Crippen LogP contribution >= 0.6 is 0 Å². The standard InChI is InChI=1S/C19H22N2O6/c1-21(9-14-4-2-3-7-23-14)19(22)15-10-25-18(20-15)11-24-13-5-6-16-17(8-13)27-12-26-16/h5-6,8,10,14H,2-4,7,9,11-12H2,1H3. The van der Waals surface area contributed by atoms with Crippen molar-refractivity contribution in [2.75, 3.05) is 27.0 Å². The zero-order valence-corrected chi connectivity index (χ0v) is 15.2. The first-order valence-corrected chi connectivity index (χ1v) is 9.03. The van der Waals surface area contributed by atoms with Crippen LogP contribution in [0.3, 0.4) is 0 Å². The highest BCUT2D eigenvalue weighted by molar-refractivity contribution is 5.91. The van der Waals surface area contributed by atoms with Gasteiger partial charge in [-0.05, 0) is 31.4 Å². The van der Waals surface area contributed by atoms with Gasteiger partial charge in [-0.2, -0.15) is 0 Å². The molecule has 0 aliphatic carbocycles. The average molecular weight is 374 g/mol. The van der Waals surface area contributed by atoms with Gasteiger partial charge in [-0.15, -0.1) is 0 Å². The summed E-state index contributed by atoms with van der Waals surface area (Å²) in [6.07, 6.45) is 4.65. The molecule has 4 rings (SSSR count). The summed E-state index contributed by atoms with van der Waals surface area (Å²) in [7, 11) is 1.75. The monoisotopic (exact) mass is 374 g/mol. The van der Waals surface area contributed by atoms with Gasteiger partial charge in [-0.25, -0.2) is 4.98 Å². The smallest absolute Gasteiger partial charge is 0.275 e. The van der Waals surface area contributed by atoms with E-state index in [1.807, 2.05) is 0 Å². The highest BCUT2D eigenvalue weighted by atomic mass is 16.7. The number of rotatable bonds is 6. The first kappa shape index (κ1) is 17.7. The Bertz CT molecular complexity index is 799. The molecule has 8 heteroatoms. The van der Waals surface area contributed by atoms with Crippen LogP contribution in [0.2, 0.25) is 0 Å². The van der Waals surface area contributed by atoms with Crippen molar-refractivity contribution < 1.29 is 28.2 Å². The van der Waals surface area contributed by atoms with Crippen LogP contribution in [0.25, 0.3) is 0 Å². The summed E-state index contributed by atoms with van der Waals surface area (Å²) in [5.41, 5.74) is 0.262. The number of benzene rings is 1. The Morgan fingerprint density at radius 1 is 1.30 bits per heavy atom. The lowest BCUT2D eigenvalue weighted by Gasteiger charge is -2.26. The van der Waals surface area contributed by atoms with Crippen molar-refractivity contribution in [2.24, 2.45) is 0 Å². The minimum Gasteiger partial charge on any atom is -0.484 e. The summed E-state index contributed by atoms with van der Waals surface area (Å²) in [6.45, 7) is 1.64. The molecule has 1 aromatic heterocycles. The molecule has 1 fully saturated rings. The Kier molecular flexibility index (Phi) is 5.15. The molecule has 0 radical (unpaired) electrons. The number of fused-ring (bicyclic) bond motifs is 1. The molecule has 1 unspecified atom stereocenters. The second kappa shape index (κ2) is 7.87. The van der Waals surface area contributed by atoms with Crippen LogP contribution in [-0.2, 0) is 11.3 Å². The SMILES string of the molecule is CN(CC1CCCCO1)C(=O)c1coc(COc2ccc3c(c2)OCO3)n1. The number of hydrogen-bond acceptors (Lipinski definition) is 7. The number of carbonyl (C=O) groups is 1. The maximum absolute atomic E-state index is 12.5. The second-order valence-corrected chi connectivity index (χ2v) is 6.60. The van der Waals surface area contributed by atoms with Crippen molar-refractivity contribution in [2.45, 2.75) is 32.0 Å². The highest BCUT2D eigenvalue weighted by Crippen LogP contribution is 2.35. The summed E-state index contributed by atoms with van der Waals surface area (Å²) >= 11 is 0. The minimum atomic E-state index is -0.192. The third-order valence-corrected chi connectivity index (χ3v) is 4.58. The molecule has 1 atom stereocenters. The predicted octanol–water partition coefficient (Wildman–Crippen LogP) is 2.62. The molecule has 0 bridgehead atoms. The van der Waals surface area contributed by atoms with Crippen LogP contribution in [0.15, 0.2) is 28.9 Å². The fourth-order valence-corrected chi connectivity index (χ4v) is 3.12. The highest BCUT2D eigenvalue weighted by Gasteiger charge is 2.22. The summed E-state index contributed by atoms with van der Waals surface area (Å²) in [5.74, 6) is 2.08. The van der Waals surface area contributed by atoms with Gasteiger partial charge < -0.3 is 28.3 Å². The molecule has 0 spiro atoms. The Labute approximate surface area is 157 Å². The lowest BCUT2D eigenvalue weighted by atomic mass is 10.1. The van der Waals surface area contributed by atoms with E-state index in [-0.39, 0.29) is 31.1 Å². The van der Waals surface area contributed by atoms with Gasteiger partial charge in [0.2, 0.25) is 12.7 Å². The van der Waals surface area contributed by atoms with Crippen molar-refractivity contribution in [3.05, 3.63) is 36.0 Å². The van der Waals surface area contributed by atoms with Crippen LogP contribution in [0.4, 0.5) is 0 Å². The van der Waals surface area contributed by atoms with E-state index in [0.29, 0.717) is 29.7 Å². The molecular formula is C19H22N2O6. The van der Waals surface area contributed by atoms with Gasteiger partial charge >= 0.3 is 0 Å². The molecule has 0 saturated carbocycles. The van der Waals surface area contributed by atoms with E-state index in [1.165, 1.54) is 6.26 Å². The first-order valence-electron chi connectivity index (χ1n) is 9.03. The quantitative estimate of drug-likeness (QED) is 0.768. The zero-order chi connectivity index (χ0) is 18.6. The van der Waals surface area contributed by atoms with Crippen molar-refractivity contribution in [3.8, 4) is 17.2 Å². The number of amides is 1. The van der Waals surface area contributed by atoms with E-state index in [1.54, 1.807) is 30.1 Å². The van der Waals surface area contributed by atoms with E-state index in [9.17, 15) is 4.79 Å². The lowest BCUT2D eigenvalue weighted by molar-refractivity contribution is -0.000293. The molecule has 3 heterocycles. The largest absolute Gasteiger partial charge is 0.484 e. The van der Waals surface area contributed by atoms with Crippen LogP contribution in [0, 0.1) is 0 Å². The maximum Gasteiger partial charge on any atom is 0.275 e. The fourth-order valence-electron chi connectivity index (χ4n) is 3.12. The fraction of sp³-hybridized carbons (Fsp3) is 0.474. The third-order valence-electron chi connectivity index (χ3n) is 4.58. The molecule has 0 N–H and O–H groups in total. The molecule has 1 amide bonds. The van der Waals surface area contributed by atoms with Gasteiger partial charge in [0.15, 0.2) is 23.8 Å². The molecule has 27 heavy (non-hydrogen) atoms. The Morgan fingerprint density at radius 3 is 3.04 bits per heavy atom. The summed E-state index contributed by atoms with van der Waals surface area (Å²) < 4.78 is 27.3. The number of hydrogen-bond donors (Lipinski definition) is 0. The molecule has 2 aliphatic heterocycles. The number of ether oxygens (including phenoxy) is 4. The summed E-state index contributed by atoms with van der Waals surface area (Å²) in [6, 6.07) is 5.31. The number of carbonyl (C=O) groups excluding carboxylic acids is 1. The predicted molar refractivity (Wildman–Crippen MR) is 94.0 cm³/mol. The summed E-state index contributed by atoms with van der Waals surface area (Å²) in [4.78, 5) is 18.4. The lowest BCUT2D eigenvalue weighted by Crippen LogP contribution is -2.37. The number of nitrogens with zero attached hydrogens (tertiary/aromatic N) is 2. The normalized spacial score (nSPS) is 18.3. The number of oxazole rings is 1. The zero-order valence-electron chi connectivity index (χ0n) is 15.2. The number of aromatic nitrogens is 1. The molecular weight excluding hydrogens is 352 g/mol. The number of likely N-dealkylation sites (N-methyl/N-ethyl adjacent to an activating group) is 1. The van der Waals surface area contributed by atoms with Gasteiger partial charge in [-0.1, -0.05) is 0 Å². The molecule has 2 aliphatic rings. The van der Waals surface area contributed by atoms with Gasteiger partial charge in [-0.3, -0.25) is 4.79 Å². The Hall–Kier alpha value is -2.74. The molecule has 1 aromatic carbocycles. The molecule has 8 nitrogen and oxygen atoms in total. The van der Waals surface area contributed by atoms with Crippen molar-refractivity contribution in [1.29, 1.82) is 0 Å². The van der Waals surface area contributed by atoms with E-state index >= 15 is 0 Å². The second-order valence-electron chi connectivity index (χ2n) is 6.60. The van der Waals surface area contributed by atoms with Crippen molar-refractivity contribution in [3.63, 3.8) is 0 Å². The minimum absolute atomic E-state index is 0.0911. The topological polar surface area (TPSA) is 83.3 Å². The van der Waals surface area contributed by atoms with Crippen LogP contribution in [0.1, 0.15) is 35.6 Å². The van der Waals surface area contributed by atoms with E-state index < -0.39 is 0 Å². The van der Waals surface area contributed by atoms with E-state index in [0.717, 1.165) is 25.9 Å². The van der Waals surface area contributed by atoms with Gasteiger partial charge in [0.1, 0.15) is 12.0 Å². The summed E-state index contributed by atoms with van der Waals surface area (Å²) in [5, 5.41) is 0. The van der Waals surface area contributed by atoms with E-state index in [4.69, 9.17) is 23.4 Å². The first-order chi connectivity index (χ1) is 13.2. The Balaban J connectivity index is 1.31. The van der Waals surface area contributed by atoms with Gasteiger partial charge in [0, 0.05) is 26.3 Å². The molecule has 1 saturated heterocycles. The van der Waals surface area contributed by atoms with E-state index in [2.05, 4.69) is 4.98 Å². The molecule has 144 valence electrons. The maximum atomic E-state index is 12.5. The average Bonchev–Trinajstić information content (AvgIpc) is 3.35.